The molecule has 2 aromatic heterocycles. The van der Waals surface area contributed by atoms with Crippen LogP contribution in [-0.4, -0.2) is 58.0 Å². The van der Waals surface area contributed by atoms with E-state index in [1.807, 2.05) is 42.5 Å². The van der Waals surface area contributed by atoms with E-state index in [9.17, 15) is 9.59 Å². The average Bonchev–Trinajstić information content (AvgIpc) is 3.12. The molecule has 9 nitrogen and oxygen atoms in total. The van der Waals surface area contributed by atoms with Gasteiger partial charge >= 0.3 is 6.03 Å². The van der Waals surface area contributed by atoms with Gasteiger partial charge in [0.15, 0.2) is 0 Å². The highest BCUT2D eigenvalue weighted by atomic mass is 16.2. The van der Waals surface area contributed by atoms with E-state index in [0.29, 0.717) is 18.2 Å². The van der Waals surface area contributed by atoms with E-state index in [1.165, 1.54) is 4.90 Å². The Morgan fingerprint density at radius 1 is 0.879 bits per heavy atom. The molecule has 0 bridgehead atoms. The highest BCUT2D eigenvalue weighted by Gasteiger charge is 2.33. The summed E-state index contributed by atoms with van der Waals surface area (Å²) in [6.07, 6.45) is 6.92. The molecule has 3 amide bonds. The third-order valence-corrected chi connectivity index (χ3v) is 5.71. The molecule has 166 valence electrons. The van der Waals surface area contributed by atoms with Crippen molar-refractivity contribution >= 4 is 29.7 Å². The zero-order valence-corrected chi connectivity index (χ0v) is 18.0. The van der Waals surface area contributed by atoms with Gasteiger partial charge in [0.05, 0.1) is 12.2 Å². The number of hydrogen-bond donors (Lipinski definition) is 1. The third kappa shape index (κ3) is 4.52. The van der Waals surface area contributed by atoms with E-state index < -0.39 is 11.9 Å². The van der Waals surface area contributed by atoms with Crippen LogP contribution in [0.4, 0.5) is 16.4 Å². The number of benzene rings is 1. The maximum Gasteiger partial charge on any atom is 0.329 e. The number of nitrogens with one attached hydrogen (secondary N) is 1. The van der Waals surface area contributed by atoms with Crippen molar-refractivity contribution in [3.05, 3.63) is 84.1 Å². The Hall–Kier alpha value is -4.27. The number of hydrogen-bond acceptors (Lipinski definition) is 7. The maximum absolute atomic E-state index is 12.4. The van der Waals surface area contributed by atoms with Crippen molar-refractivity contribution in [2.75, 3.05) is 36.0 Å². The number of aromatic nitrogens is 3. The predicted octanol–water partition coefficient (Wildman–Crippen LogP) is 2.29. The van der Waals surface area contributed by atoms with E-state index in [2.05, 4.69) is 30.1 Å². The average molecular weight is 441 g/mol. The molecule has 1 N–H and O–H groups in total. The minimum atomic E-state index is -0.434. The number of amides is 3. The van der Waals surface area contributed by atoms with Crippen molar-refractivity contribution in [2.24, 2.45) is 0 Å². The van der Waals surface area contributed by atoms with Gasteiger partial charge in [-0.15, -0.1) is 0 Å². The molecule has 2 aliphatic rings. The molecule has 0 aliphatic carbocycles. The summed E-state index contributed by atoms with van der Waals surface area (Å²) in [5.74, 6) is 0.181. The predicted molar refractivity (Wildman–Crippen MR) is 124 cm³/mol. The molecular weight excluding hydrogens is 418 g/mol. The minimum absolute atomic E-state index is 0.274. The highest BCUT2D eigenvalue weighted by Crippen LogP contribution is 2.21. The Labute approximate surface area is 191 Å². The Bertz CT molecular complexity index is 1180. The number of carbonyl (C=O) groups is 2. The molecule has 2 saturated heterocycles. The van der Waals surface area contributed by atoms with Crippen LogP contribution in [0.15, 0.2) is 72.8 Å². The van der Waals surface area contributed by atoms with Gasteiger partial charge in [-0.3, -0.25) is 20.0 Å². The van der Waals surface area contributed by atoms with Crippen LogP contribution in [0.25, 0.3) is 6.08 Å². The number of piperazine rings is 1. The van der Waals surface area contributed by atoms with Crippen molar-refractivity contribution in [1.82, 2.24) is 25.2 Å². The normalized spacial score (nSPS) is 17.6. The standard InChI is InChI=1S/C24H23N7O2/c32-22-21(31(24(33)28-22)17-18-4-2-1-3-5-18)16-19-6-11-26-23(27-19)30-14-12-29(13-15-30)20-7-9-25-10-8-20/h1-11,16H,12-15,17H2,(H,28,32,33)/b21-16-. The first kappa shape index (κ1) is 20.6. The van der Waals surface area contributed by atoms with Crippen LogP contribution in [0, 0.1) is 0 Å². The van der Waals surface area contributed by atoms with Gasteiger partial charge in [-0.1, -0.05) is 30.3 Å². The van der Waals surface area contributed by atoms with Crippen molar-refractivity contribution in [3.63, 3.8) is 0 Å². The second-order valence-corrected chi connectivity index (χ2v) is 7.82. The summed E-state index contributed by atoms with van der Waals surface area (Å²) in [4.78, 5) is 43.8. The molecule has 0 radical (unpaired) electrons. The monoisotopic (exact) mass is 441 g/mol. The Morgan fingerprint density at radius 2 is 1.61 bits per heavy atom. The van der Waals surface area contributed by atoms with Crippen LogP contribution in [-0.2, 0) is 11.3 Å². The lowest BCUT2D eigenvalue weighted by atomic mass is 10.2. The molecule has 1 aromatic carbocycles. The van der Waals surface area contributed by atoms with E-state index in [1.54, 1.807) is 30.7 Å². The van der Waals surface area contributed by atoms with E-state index in [0.717, 1.165) is 37.4 Å². The van der Waals surface area contributed by atoms with Crippen molar-refractivity contribution < 1.29 is 9.59 Å². The highest BCUT2D eigenvalue weighted by molar-refractivity contribution is 6.13. The van der Waals surface area contributed by atoms with Crippen molar-refractivity contribution in [1.29, 1.82) is 0 Å². The Morgan fingerprint density at radius 3 is 2.36 bits per heavy atom. The van der Waals surface area contributed by atoms with Gasteiger partial charge in [0.1, 0.15) is 5.70 Å². The van der Waals surface area contributed by atoms with Crippen LogP contribution in [0.3, 0.4) is 0 Å². The van der Waals surface area contributed by atoms with Gasteiger partial charge < -0.3 is 9.80 Å². The second kappa shape index (κ2) is 9.07. The minimum Gasteiger partial charge on any atom is -0.368 e. The molecule has 33 heavy (non-hydrogen) atoms. The Kier molecular flexibility index (Phi) is 5.67. The fraction of sp³-hybridized carbons (Fsp3) is 0.208. The second-order valence-electron chi connectivity index (χ2n) is 7.82. The largest absolute Gasteiger partial charge is 0.368 e. The molecule has 0 unspecified atom stereocenters. The summed E-state index contributed by atoms with van der Waals surface area (Å²) in [7, 11) is 0. The smallest absolute Gasteiger partial charge is 0.329 e. The summed E-state index contributed by atoms with van der Waals surface area (Å²) in [5, 5.41) is 2.37. The summed E-state index contributed by atoms with van der Waals surface area (Å²) in [6.45, 7) is 3.56. The van der Waals surface area contributed by atoms with E-state index in [-0.39, 0.29) is 5.70 Å². The zero-order valence-electron chi connectivity index (χ0n) is 18.0. The lowest BCUT2D eigenvalue weighted by Crippen LogP contribution is -2.47. The van der Waals surface area contributed by atoms with Crippen molar-refractivity contribution in [3.8, 4) is 0 Å². The van der Waals surface area contributed by atoms with Crippen LogP contribution in [0.2, 0.25) is 0 Å². The number of pyridine rings is 1. The number of nitrogens with zero attached hydrogens (tertiary/aromatic N) is 6. The van der Waals surface area contributed by atoms with Gasteiger partial charge in [0, 0.05) is 50.5 Å². The molecule has 4 heterocycles. The van der Waals surface area contributed by atoms with Gasteiger partial charge in [-0.2, -0.15) is 0 Å². The molecule has 0 spiro atoms. The summed E-state index contributed by atoms with van der Waals surface area (Å²) >= 11 is 0. The van der Waals surface area contributed by atoms with Gasteiger partial charge in [0.25, 0.3) is 5.91 Å². The van der Waals surface area contributed by atoms with Crippen molar-refractivity contribution in [2.45, 2.75) is 6.54 Å². The number of anilines is 2. The summed E-state index contributed by atoms with van der Waals surface area (Å²) in [6, 6.07) is 14.9. The third-order valence-electron chi connectivity index (χ3n) is 5.71. The SMILES string of the molecule is O=C1NC(=O)N(Cc2ccccc2)/C1=C\c1ccnc(N2CCN(c3ccncc3)CC2)n1. The molecule has 0 atom stereocenters. The quantitative estimate of drug-likeness (QED) is 0.480. The first-order chi connectivity index (χ1) is 16.2. The number of imide groups is 1. The fourth-order valence-corrected chi connectivity index (χ4v) is 3.98. The van der Waals surface area contributed by atoms with Crippen LogP contribution in [0.1, 0.15) is 11.3 Å². The summed E-state index contributed by atoms with van der Waals surface area (Å²) < 4.78 is 0. The maximum atomic E-state index is 12.4. The molecule has 0 saturated carbocycles. The van der Waals surface area contributed by atoms with E-state index in [4.69, 9.17) is 0 Å². The number of carbonyl (C=O) groups excluding carboxylic acids is 2. The number of urea groups is 1. The first-order valence-corrected chi connectivity index (χ1v) is 10.8. The topological polar surface area (TPSA) is 94.6 Å². The van der Waals surface area contributed by atoms with Crippen LogP contribution >= 0.6 is 0 Å². The molecule has 3 aromatic rings. The molecular formula is C24H23N7O2. The zero-order chi connectivity index (χ0) is 22.6. The number of rotatable bonds is 5. The van der Waals surface area contributed by atoms with E-state index >= 15 is 0 Å². The molecule has 9 heteroatoms. The lowest BCUT2D eigenvalue weighted by molar-refractivity contribution is -0.116. The van der Waals surface area contributed by atoms with Gasteiger partial charge in [-0.05, 0) is 29.8 Å². The van der Waals surface area contributed by atoms with Crippen LogP contribution in [0.5, 0.6) is 0 Å². The fourth-order valence-electron chi connectivity index (χ4n) is 3.98. The molecule has 2 aliphatic heterocycles. The lowest BCUT2D eigenvalue weighted by Gasteiger charge is -2.36. The molecule has 2 fully saturated rings. The van der Waals surface area contributed by atoms with Crippen LogP contribution < -0.4 is 15.1 Å². The molecule has 5 rings (SSSR count). The summed E-state index contributed by atoms with van der Waals surface area (Å²) in [5.41, 5.74) is 2.94. The van der Waals surface area contributed by atoms with Gasteiger partial charge in [0.2, 0.25) is 5.95 Å². The van der Waals surface area contributed by atoms with Gasteiger partial charge in [-0.25, -0.2) is 14.8 Å². The first-order valence-electron chi connectivity index (χ1n) is 10.8. The Balaban J connectivity index is 1.32.